The minimum atomic E-state index is 0.318. The highest BCUT2D eigenvalue weighted by molar-refractivity contribution is 5.37. The Morgan fingerprint density at radius 3 is 2.54 bits per heavy atom. The fourth-order valence-corrected chi connectivity index (χ4v) is 0.883. The number of hydrogen-bond donors (Lipinski definition) is 0. The minimum Gasteiger partial charge on any atom is -0.167 e. The molecule has 4 nitrogen and oxygen atoms in total. The van der Waals surface area contributed by atoms with Crippen molar-refractivity contribution in [2.45, 2.75) is 27.2 Å². The maximum atomic E-state index is 4.04. The summed E-state index contributed by atoms with van der Waals surface area (Å²) in [5.74, 6) is 0.673. The summed E-state index contributed by atoms with van der Waals surface area (Å²) in [5.41, 5.74) is 0.318. The van der Waals surface area contributed by atoms with Gasteiger partial charge in [0.1, 0.15) is 0 Å². The van der Waals surface area contributed by atoms with Gasteiger partial charge < -0.3 is 0 Å². The first-order chi connectivity index (χ1) is 5.97. The van der Waals surface area contributed by atoms with Gasteiger partial charge >= 0.3 is 0 Å². The Morgan fingerprint density at radius 2 is 2.08 bits per heavy atom. The molecule has 0 radical (unpaired) electrons. The monoisotopic (exact) mass is 180 g/mol. The second-order valence-electron chi connectivity index (χ2n) is 4.30. The van der Waals surface area contributed by atoms with E-state index >= 15 is 0 Å². The van der Waals surface area contributed by atoms with Crippen LogP contribution in [0.4, 0.5) is 0 Å². The summed E-state index contributed by atoms with van der Waals surface area (Å²) < 4.78 is 0. The lowest BCUT2D eigenvalue weighted by atomic mass is 9.92. The Hall–Kier alpha value is -1.19. The predicted octanol–water partition coefficient (Wildman–Crippen LogP) is 1.66. The molecule has 0 aliphatic heterocycles. The molecule has 0 aliphatic carbocycles. The molecule has 72 valence electrons. The summed E-state index contributed by atoms with van der Waals surface area (Å²) in [6.45, 7) is 6.59. The van der Waals surface area contributed by atoms with Gasteiger partial charge in [-0.25, -0.2) is 0 Å². The highest BCUT2D eigenvalue weighted by atomic mass is 15.6. The van der Waals surface area contributed by atoms with Gasteiger partial charge in [0.15, 0.2) is 5.82 Å². The molecule has 1 aromatic rings. The maximum Gasteiger partial charge on any atom is 0.197 e. The smallest absolute Gasteiger partial charge is 0.167 e. The van der Waals surface area contributed by atoms with Crippen molar-refractivity contribution in [3.05, 3.63) is 11.9 Å². The Bertz CT molecular complexity index is 293. The van der Waals surface area contributed by atoms with Crippen molar-refractivity contribution >= 4 is 6.08 Å². The summed E-state index contributed by atoms with van der Waals surface area (Å²) in [6, 6.07) is 0. The van der Waals surface area contributed by atoms with Crippen LogP contribution in [0, 0.1) is 5.41 Å². The normalized spacial score (nSPS) is 12.6. The Labute approximate surface area is 78.6 Å². The molecule has 1 rings (SSSR count). The van der Waals surface area contributed by atoms with Crippen molar-refractivity contribution in [1.82, 2.24) is 20.2 Å². The third-order valence-corrected chi connectivity index (χ3v) is 1.52. The van der Waals surface area contributed by atoms with E-state index in [0.717, 1.165) is 6.42 Å². The topological polar surface area (TPSA) is 43.6 Å². The van der Waals surface area contributed by atoms with E-state index in [-0.39, 0.29) is 0 Å². The zero-order valence-electron chi connectivity index (χ0n) is 8.65. The van der Waals surface area contributed by atoms with Gasteiger partial charge in [-0.05, 0) is 23.1 Å². The number of rotatable bonds is 2. The van der Waals surface area contributed by atoms with Crippen LogP contribution in [-0.4, -0.2) is 20.2 Å². The van der Waals surface area contributed by atoms with Crippen LogP contribution >= 0.6 is 0 Å². The molecule has 0 saturated heterocycles. The highest BCUT2D eigenvalue weighted by Gasteiger charge is 2.06. The fourth-order valence-electron chi connectivity index (χ4n) is 0.883. The first kappa shape index (κ1) is 9.89. The molecule has 0 unspecified atom stereocenters. The van der Waals surface area contributed by atoms with E-state index in [1.807, 2.05) is 6.08 Å². The van der Waals surface area contributed by atoms with E-state index in [0.29, 0.717) is 11.2 Å². The average Bonchev–Trinajstić information content (AvgIpc) is 2.33. The SMILES string of the molecule is Cn1nnc(/C=C/CC(C)(C)C)n1. The van der Waals surface area contributed by atoms with Crippen LogP contribution < -0.4 is 0 Å². The summed E-state index contributed by atoms with van der Waals surface area (Å²) in [6.07, 6.45) is 5.00. The van der Waals surface area contributed by atoms with Crippen molar-refractivity contribution in [3.63, 3.8) is 0 Å². The van der Waals surface area contributed by atoms with Crippen LogP contribution in [0.2, 0.25) is 0 Å². The quantitative estimate of drug-likeness (QED) is 0.695. The number of nitrogens with zero attached hydrogens (tertiary/aromatic N) is 4. The standard InChI is InChI=1S/C9H16N4/c1-9(2,3)7-5-6-8-10-12-13(4)11-8/h5-6H,7H2,1-4H3/b6-5+. The van der Waals surface area contributed by atoms with Crippen molar-refractivity contribution in [2.75, 3.05) is 0 Å². The second-order valence-corrected chi connectivity index (χ2v) is 4.30. The number of tetrazole rings is 1. The zero-order chi connectivity index (χ0) is 9.90. The molecular formula is C9H16N4. The van der Waals surface area contributed by atoms with E-state index in [1.165, 1.54) is 4.80 Å². The van der Waals surface area contributed by atoms with Crippen molar-refractivity contribution in [3.8, 4) is 0 Å². The van der Waals surface area contributed by atoms with Crippen molar-refractivity contribution < 1.29 is 0 Å². The van der Waals surface area contributed by atoms with Gasteiger partial charge in [0.2, 0.25) is 0 Å². The fraction of sp³-hybridized carbons (Fsp3) is 0.667. The summed E-state index contributed by atoms with van der Waals surface area (Å²) in [4.78, 5) is 1.46. The summed E-state index contributed by atoms with van der Waals surface area (Å²) in [7, 11) is 1.76. The average molecular weight is 180 g/mol. The Morgan fingerprint density at radius 1 is 1.38 bits per heavy atom. The van der Waals surface area contributed by atoms with Crippen molar-refractivity contribution in [1.29, 1.82) is 0 Å². The zero-order valence-corrected chi connectivity index (χ0v) is 8.65. The number of aromatic nitrogens is 4. The molecule has 0 atom stereocenters. The lowest BCUT2D eigenvalue weighted by molar-refractivity contribution is 0.421. The Balaban J connectivity index is 2.50. The molecule has 1 aromatic heterocycles. The van der Waals surface area contributed by atoms with Crippen LogP contribution in [0.5, 0.6) is 0 Å². The lowest BCUT2D eigenvalue weighted by Crippen LogP contribution is -2.01. The predicted molar refractivity (Wildman–Crippen MR) is 51.9 cm³/mol. The van der Waals surface area contributed by atoms with Crippen LogP contribution in [0.1, 0.15) is 33.0 Å². The third-order valence-electron chi connectivity index (χ3n) is 1.52. The van der Waals surface area contributed by atoms with Crippen LogP contribution in [-0.2, 0) is 7.05 Å². The third kappa shape index (κ3) is 3.83. The first-order valence-electron chi connectivity index (χ1n) is 4.38. The van der Waals surface area contributed by atoms with Gasteiger partial charge in [0.05, 0.1) is 7.05 Å². The maximum absolute atomic E-state index is 4.04. The molecule has 0 fully saturated rings. The molecule has 0 N–H and O–H groups in total. The molecule has 1 heterocycles. The lowest BCUT2D eigenvalue weighted by Gasteiger charge is -2.13. The van der Waals surface area contributed by atoms with Gasteiger partial charge in [-0.2, -0.15) is 4.80 Å². The van der Waals surface area contributed by atoms with E-state index < -0.39 is 0 Å². The number of aryl methyl sites for hydroxylation is 1. The van der Waals surface area contributed by atoms with E-state index in [2.05, 4.69) is 42.3 Å². The van der Waals surface area contributed by atoms with Gasteiger partial charge in [-0.1, -0.05) is 26.8 Å². The molecule has 0 spiro atoms. The van der Waals surface area contributed by atoms with Crippen molar-refractivity contribution in [2.24, 2.45) is 12.5 Å². The Kier molecular flexibility index (Phi) is 2.80. The van der Waals surface area contributed by atoms with E-state index in [4.69, 9.17) is 0 Å². The molecule has 4 heteroatoms. The molecule has 0 saturated carbocycles. The van der Waals surface area contributed by atoms with E-state index in [9.17, 15) is 0 Å². The van der Waals surface area contributed by atoms with Crippen LogP contribution in [0.15, 0.2) is 6.08 Å². The number of allylic oxidation sites excluding steroid dienone is 1. The summed E-state index contributed by atoms with van der Waals surface area (Å²) >= 11 is 0. The van der Waals surface area contributed by atoms with Gasteiger partial charge in [0.25, 0.3) is 0 Å². The highest BCUT2D eigenvalue weighted by Crippen LogP contribution is 2.18. The number of hydrogen-bond acceptors (Lipinski definition) is 3. The second kappa shape index (κ2) is 3.68. The van der Waals surface area contributed by atoms with Crippen LogP contribution in [0.25, 0.3) is 6.08 Å². The largest absolute Gasteiger partial charge is 0.197 e. The van der Waals surface area contributed by atoms with E-state index in [1.54, 1.807) is 7.05 Å². The first-order valence-corrected chi connectivity index (χ1v) is 4.38. The summed E-state index contributed by atoms with van der Waals surface area (Å²) in [5, 5.41) is 11.6. The molecule has 0 amide bonds. The molecule has 0 aromatic carbocycles. The minimum absolute atomic E-state index is 0.318. The molecule has 0 bridgehead atoms. The molecule has 13 heavy (non-hydrogen) atoms. The molecular weight excluding hydrogens is 164 g/mol. The van der Waals surface area contributed by atoms with Gasteiger partial charge in [0, 0.05) is 0 Å². The van der Waals surface area contributed by atoms with Crippen LogP contribution in [0.3, 0.4) is 0 Å². The molecule has 0 aliphatic rings. The van der Waals surface area contributed by atoms with Gasteiger partial charge in [-0.15, -0.1) is 10.2 Å². The van der Waals surface area contributed by atoms with Gasteiger partial charge in [-0.3, -0.25) is 0 Å².